The Morgan fingerprint density at radius 1 is 1.25 bits per heavy atom. The number of anilines is 1. The van der Waals surface area contributed by atoms with Crippen LogP contribution in [-0.2, 0) is 17.1 Å². The van der Waals surface area contributed by atoms with Crippen molar-refractivity contribution < 1.29 is 4.74 Å². The molecule has 1 aromatic carbocycles. The van der Waals surface area contributed by atoms with Crippen LogP contribution in [0.3, 0.4) is 0 Å². The SMILES string of the molecule is COCc1cc(NN)nc(CSc2ccc(C)cc2)n1. The van der Waals surface area contributed by atoms with Crippen molar-refractivity contribution in [2.45, 2.75) is 24.2 Å². The van der Waals surface area contributed by atoms with Gasteiger partial charge in [-0.15, -0.1) is 11.8 Å². The molecule has 0 atom stereocenters. The van der Waals surface area contributed by atoms with Gasteiger partial charge >= 0.3 is 0 Å². The molecule has 0 aliphatic rings. The Labute approximate surface area is 122 Å². The molecule has 0 fully saturated rings. The highest BCUT2D eigenvalue weighted by molar-refractivity contribution is 7.98. The zero-order chi connectivity index (χ0) is 14.4. The fraction of sp³-hybridized carbons (Fsp3) is 0.286. The van der Waals surface area contributed by atoms with Gasteiger partial charge in [0.2, 0.25) is 0 Å². The van der Waals surface area contributed by atoms with Crippen LogP contribution in [0.1, 0.15) is 17.1 Å². The molecule has 0 amide bonds. The van der Waals surface area contributed by atoms with E-state index < -0.39 is 0 Å². The minimum atomic E-state index is 0.444. The molecule has 0 aliphatic heterocycles. The first-order valence-electron chi connectivity index (χ1n) is 6.23. The highest BCUT2D eigenvalue weighted by Gasteiger charge is 2.05. The van der Waals surface area contributed by atoms with Crippen LogP contribution in [0.5, 0.6) is 0 Å². The summed E-state index contributed by atoms with van der Waals surface area (Å²) >= 11 is 1.69. The van der Waals surface area contributed by atoms with Crippen molar-refractivity contribution in [1.82, 2.24) is 9.97 Å². The molecule has 0 radical (unpaired) electrons. The lowest BCUT2D eigenvalue weighted by Gasteiger charge is -2.07. The fourth-order valence-electron chi connectivity index (χ4n) is 1.69. The lowest BCUT2D eigenvalue weighted by atomic mass is 10.2. The van der Waals surface area contributed by atoms with Gasteiger partial charge in [0.25, 0.3) is 0 Å². The number of rotatable bonds is 6. The van der Waals surface area contributed by atoms with Crippen LogP contribution in [0.15, 0.2) is 35.2 Å². The summed E-state index contributed by atoms with van der Waals surface area (Å²) in [6.07, 6.45) is 0. The molecule has 106 valence electrons. The van der Waals surface area contributed by atoms with Crippen LogP contribution >= 0.6 is 11.8 Å². The molecule has 0 saturated heterocycles. The summed E-state index contributed by atoms with van der Waals surface area (Å²) in [6.45, 7) is 2.52. The number of nitrogen functional groups attached to an aromatic ring is 1. The molecule has 5 nitrogen and oxygen atoms in total. The van der Waals surface area contributed by atoms with E-state index in [0.717, 1.165) is 11.5 Å². The second-order valence-electron chi connectivity index (χ2n) is 4.34. The number of thioether (sulfide) groups is 1. The first-order chi connectivity index (χ1) is 9.71. The highest BCUT2D eigenvalue weighted by atomic mass is 32.2. The van der Waals surface area contributed by atoms with Crippen LogP contribution in [0.25, 0.3) is 0 Å². The smallest absolute Gasteiger partial charge is 0.144 e. The first-order valence-corrected chi connectivity index (χ1v) is 7.21. The summed E-state index contributed by atoms with van der Waals surface area (Å²) in [5.74, 6) is 7.45. The number of nitrogens with zero attached hydrogens (tertiary/aromatic N) is 2. The van der Waals surface area contributed by atoms with Crippen LogP contribution in [0.2, 0.25) is 0 Å². The molecule has 0 spiro atoms. The van der Waals surface area contributed by atoms with Crippen LogP contribution in [0.4, 0.5) is 5.82 Å². The van der Waals surface area contributed by atoms with Gasteiger partial charge < -0.3 is 10.2 Å². The third-order valence-corrected chi connectivity index (χ3v) is 3.66. The number of aryl methyl sites for hydroxylation is 1. The standard InChI is InChI=1S/C14H18N4OS/c1-10-3-5-12(6-4-10)20-9-14-16-11(8-19-2)7-13(17-14)18-15/h3-7H,8-9,15H2,1-2H3,(H,16,17,18). The number of aromatic nitrogens is 2. The Hall–Kier alpha value is -1.63. The third-order valence-electron chi connectivity index (χ3n) is 2.65. The summed E-state index contributed by atoms with van der Waals surface area (Å²) in [5, 5.41) is 0. The Bertz CT molecular complexity index is 560. The number of ether oxygens (including phenoxy) is 1. The molecule has 0 aliphatic carbocycles. The van der Waals surface area contributed by atoms with E-state index in [1.165, 1.54) is 10.5 Å². The second-order valence-corrected chi connectivity index (χ2v) is 5.39. The molecule has 1 heterocycles. The van der Waals surface area contributed by atoms with Crippen molar-refractivity contribution >= 4 is 17.6 Å². The van der Waals surface area contributed by atoms with Crippen molar-refractivity contribution in [3.05, 3.63) is 47.4 Å². The van der Waals surface area contributed by atoms with Gasteiger partial charge in [-0.05, 0) is 19.1 Å². The van der Waals surface area contributed by atoms with E-state index in [-0.39, 0.29) is 0 Å². The van der Waals surface area contributed by atoms with E-state index in [4.69, 9.17) is 10.6 Å². The van der Waals surface area contributed by atoms with Crippen LogP contribution in [-0.4, -0.2) is 17.1 Å². The number of methoxy groups -OCH3 is 1. The second kappa shape index (κ2) is 7.23. The van der Waals surface area contributed by atoms with Crippen LogP contribution in [0, 0.1) is 6.92 Å². The summed E-state index contributed by atoms with van der Waals surface area (Å²) in [5.41, 5.74) is 4.62. The zero-order valence-electron chi connectivity index (χ0n) is 11.6. The lowest BCUT2D eigenvalue weighted by Crippen LogP contribution is -2.11. The molecular weight excluding hydrogens is 272 g/mol. The predicted octanol–water partition coefficient (Wildman–Crippen LogP) is 2.51. The third kappa shape index (κ3) is 4.19. The molecule has 0 unspecified atom stereocenters. The van der Waals surface area contributed by atoms with Crippen molar-refractivity contribution in [2.75, 3.05) is 12.5 Å². The quantitative estimate of drug-likeness (QED) is 0.484. The summed E-state index contributed by atoms with van der Waals surface area (Å²) in [4.78, 5) is 9.99. The van der Waals surface area contributed by atoms with Gasteiger partial charge in [-0.3, -0.25) is 0 Å². The molecular formula is C14H18N4OS. The molecule has 2 rings (SSSR count). The summed E-state index contributed by atoms with van der Waals surface area (Å²) in [6, 6.07) is 10.2. The van der Waals surface area contributed by atoms with E-state index >= 15 is 0 Å². The minimum Gasteiger partial charge on any atom is -0.378 e. The van der Waals surface area contributed by atoms with Gasteiger partial charge in [-0.2, -0.15) is 0 Å². The Balaban J connectivity index is 2.07. The number of nitrogens with one attached hydrogen (secondary N) is 1. The number of nitrogens with two attached hydrogens (primary N) is 1. The average Bonchev–Trinajstić information content (AvgIpc) is 2.47. The van der Waals surface area contributed by atoms with Crippen molar-refractivity contribution in [3.63, 3.8) is 0 Å². The normalized spacial score (nSPS) is 10.6. The highest BCUT2D eigenvalue weighted by Crippen LogP contribution is 2.22. The number of benzene rings is 1. The molecule has 6 heteroatoms. The maximum atomic E-state index is 5.42. The van der Waals surface area contributed by atoms with Gasteiger partial charge in [-0.25, -0.2) is 15.8 Å². The summed E-state index contributed by atoms with van der Waals surface area (Å²) < 4.78 is 5.09. The monoisotopic (exact) mass is 290 g/mol. The predicted molar refractivity (Wildman–Crippen MR) is 81.3 cm³/mol. The number of hydrazine groups is 1. The van der Waals surface area contributed by atoms with E-state index in [1.54, 1.807) is 24.9 Å². The number of hydrogen-bond donors (Lipinski definition) is 2. The molecule has 2 aromatic rings. The van der Waals surface area contributed by atoms with Gasteiger partial charge in [-0.1, -0.05) is 17.7 Å². The van der Waals surface area contributed by atoms with Crippen molar-refractivity contribution in [3.8, 4) is 0 Å². The average molecular weight is 290 g/mol. The lowest BCUT2D eigenvalue weighted by molar-refractivity contribution is 0.181. The maximum absolute atomic E-state index is 5.42. The number of hydrogen-bond acceptors (Lipinski definition) is 6. The first kappa shape index (κ1) is 14.8. The van der Waals surface area contributed by atoms with E-state index in [1.807, 2.05) is 0 Å². The van der Waals surface area contributed by atoms with Crippen molar-refractivity contribution in [1.29, 1.82) is 0 Å². The molecule has 1 aromatic heterocycles. The van der Waals surface area contributed by atoms with E-state index in [9.17, 15) is 0 Å². The van der Waals surface area contributed by atoms with E-state index in [2.05, 4.69) is 46.6 Å². The molecule has 3 N–H and O–H groups in total. The Morgan fingerprint density at radius 3 is 2.65 bits per heavy atom. The van der Waals surface area contributed by atoms with Crippen LogP contribution < -0.4 is 11.3 Å². The maximum Gasteiger partial charge on any atom is 0.144 e. The molecule has 20 heavy (non-hydrogen) atoms. The topological polar surface area (TPSA) is 73.1 Å². The molecule has 0 saturated carbocycles. The van der Waals surface area contributed by atoms with E-state index in [0.29, 0.717) is 18.2 Å². The van der Waals surface area contributed by atoms with Gasteiger partial charge in [0.1, 0.15) is 11.6 Å². The van der Waals surface area contributed by atoms with Gasteiger partial charge in [0.05, 0.1) is 18.1 Å². The molecule has 0 bridgehead atoms. The Kier molecular flexibility index (Phi) is 5.34. The largest absolute Gasteiger partial charge is 0.378 e. The zero-order valence-corrected chi connectivity index (χ0v) is 12.4. The van der Waals surface area contributed by atoms with Gasteiger partial charge in [0, 0.05) is 18.1 Å². The summed E-state index contributed by atoms with van der Waals surface area (Å²) in [7, 11) is 1.64. The fourth-order valence-corrected chi connectivity index (χ4v) is 2.45. The minimum absolute atomic E-state index is 0.444. The van der Waals surface area contributed by atoms with Gasteiger partial charge in [0.15, 0.2) is 0 Å². The Morgan fingerprint density at radius 2 is 2.00 bits per heavy atom. The van der Waals surface area contributed by atoms with Crippen molar-refractivity contribution in [2.24, 2.45) is 5.84 Å².